The monoisotopic (exact) mass is 299 g/mol. The van der Waals surface area contributed by atoms with Crippen molar-refractivity contribution in [2.75, 3.05) is 13.6 Å². The van der Waals surface area contributed by atoms with E-state index >= 15 is 0 Å². The van der Waals surface area contributed by atoms with Crippen molar-refractivity contribution in [3.63, 3.8) is 0 Å². The lowest BCUT2D eigenvalue weighted by Gasteiger charge is -2.60. The summed E-state index contributed by atoms with van der Waals surface area (Å²) in [5.74, 6) is 1.43. The Bertz CT molecular complexity index is 715. The maximum Gasteiger partial charge on any atom is 0.177 e. The van der Waals surface area contributed by atoms with E-state index in [9.17, 15) is 9.90 Å². The number of ketones is 1. The molecule has 0 aromatic heterocycles. The van der Waals surface area contributed by atoms with Crippen molar-refractivity contribution in [2.24, 2.45) is 5.92 Å². The molecule has 3 unspecified atom stereocenters. The first kappa shape index (κ1) is 12.9. The molecule has 1 saturated carbocycles. The molecule has 1 aromatic rings. The van der Waals surface area contributed by atoms with Crippen molar-refractivity contribution >= 4 is 5.78 Å². The second kappa shape index (κ2) is 3.67. The van der Waals surface area contributed by atoms with Gasteiger partial charge in [-0.25, -0.2) is 0 Å². The summed E-state index contributed by atoms with van der Waals surface area (Å²) in [5, 5.41) is 10.3. The molecule has 2 fully saturated rings. The summed E-state index contributed by atoms with van der Waals surface area (Å²) >= 11 is 0. The molecule has 1 saturated heterocycles. The van der Waals surface area contributed by atoms with Gasteiger partial charge in [0.05, 0.1) is 5.41 Å². The van der Waals surface area contributed by atoms with Crippen LogP contribution in [0, 0.1) is 5.92 Å². The van der Waals surface area contributed by atoms with Gasteiger partial charge in [0.25, 0.3) is 0 Å². The number of phenols is 1. The van der Waals surface area contributed by atoms with Gasteiger partial charge in [0.2, 0.25) is 0 Å². The minimum Gasteiger partial charge on any atom is -0.504 e. The highest BCUT2D eigenvalue weighted by Gasteiger charge is 2.71. The van der Waals surface area contributed by atoms with E-state index in [-0.39, 0.29) is 16.9 Å². The highest BCUT2D eigenvalue weighted by molar-refractivity contribution is 5.93. The minimum absolute atomic E-state index is 0.188. The Kier molecular flexibility index (Phi) is 2.16. The van der Waals surface area contributed by atoms with E-state index in [4.69, 9.17) is 4.74 Å². The van der Waals surface area contributed by atoms with E-state index in [1.165, 1.54) is 5.56 Å². The van der Waals surface area contributed by atoms with Crippen LogP contribution in [0.5, 0.6) is 11.5 Å². The lowest BCUT2D eigenvalue weighted by Crippen LogP contribution is -2.70. The summed E-state index contributed by atoms with van der Waals surface area (Å²) in [6, 6.07) is 4.24. The number of benzene rings is 1. The van der Waals surface area contributed by atoms with E-state index in [1.54, 1.807) is 6.07 Å². The molecular formula is C18H21NO3. The second-order valence-corrected chi connectivity index (χ2v) is 7.63. The molecule has 0 amide bonds. The van der Waals surface area contributed by atoms with E-state index in [0.717, 1.165) is 31.4 Å². The zero-order valence-electron chi connectivity index (χ0n) is 13.1. The zero-order chi connectivity index (χ0) is 15.3. The first-order valence-corrected chi connectivity index (χ1v) is 8.27. The number of hydrogen-bond acceptors (Lipinski definition) is 4. The Balaban J connectivity index is 1.87. The molecule has 2 aliphatic carbocycles. The van der Waals surface area contributed by atoms with Gasteiger partial charge >= 0.3 is 0 Å². The highest BCUT2D eigenvalue weighted by atomic mass is 16.5. The van der Waals surface area contributed by atoms with Crippen molar-refractivity contribution in [2.45, 2.75) is 49.7 Å². The Hall–Kier alpha value is -1.55. The number of ether oxygens (including phenoxy) is 1. The topological polar surface area (TPSA) is 49.8 Å². The van der Waals surface area contributed by atoms with Crippen LogP contribution >= 0.6 is 0 Å². The number of likely N-dealkylation sites (N-methyl/N-ethyl adjacent to an activating group) is 1. The van der Waals surface area contributed by atoms with Gasteiger partial charge in [-0.3, -0.25) is 4.79 Å². The second-order valence-electron chi connectivity index (χ2n) is 7.63. The molecule has 1 aromatic carbocycles. The van der Waals surface area contributed by atoms with Crippen molar-refractivity contribution in [3.8, 4) is 11.5 Å². The van der Waals surface area contributed by atoms with E-state index in [1.807, 2.05) is 13.0 Å². The van der Waals surface area contributed by atoms with E-state index < -0.39 is 5.60 Å². The molecule has 116 valence electrons. The van der Waals surface area contributed by atoms with E-state index in [2.05, 4.69) is 11.9 Å². The number of phenolic OH excluding ortho intramolecular Hbond substituents is 1. The number of carbonyl (C=O) groups is 1. The highest BCUT2D eigenvalue weighted by Crippen LogP contribution is 2.66. The Morgan fingerprint density at radius 3 is 3.05 bits per heavy atom. The standard InChI is InChI=1S/C18H21NO3/c1-17-14(21)6-4-11-12-9-10-3-5-13(20)16(22-17)15(10)18(11,17)7-8-19(12)2/h3,5,11-12,20H,4,6-9H2,1-2H3/t11?,12?,17?,18-/m0/s1. The van der Waals surface area contributed by atoms with Gasteiger partial charge < -0.3 is 14.7 Å². The van der Waals surface area contributed by atoms with Gasteiger partial charge in [0.15, 0.2) is 22.9 Å². The van der Waals surface area contributed by atoms with Gasteiger partial charge in [0, 0.05) is 18.0 Å². The quantitative estimate of drug-likeness (QED) is 0.796. The average molecular weight is 299 g/mol. The van der Waals surface area contributed by atoms with Crippen LogP contribution in [-0.4, -0.2) is 41.0 Å². The summed E-state index contributed by atoms with van der Waals surface area (Å²) in [6.45, 7) is 2.96. The van der Waals surface area contributed by atoms with Crippen LogP contribution < -0.4 is 4.74 Å². The predicted molar refractivity (Wildman–Crippen MR) is 81.3 cm³/mol. The smallest absolute Gasteiger partial charge is 0.177 e. The van der Waals surface area contributed by atoms with Crippen LogP contribution in [0.4, 0.5) is 0 Å². The molecule has 22 heavy (non-hydrogen) atoms. The van der Waals surface area contributed by atoms with Crippen LogP contribution in [0.15, 0.2) is 12.1 Å². The first-order chi connectivity index (χ1) is 10.5. The minimum atomic E-state index is -0.800. The molecule has 4 heteroatoms. The Labute approximate surface area is 130 Å². The summed E-state index contributed by atoms with van der Waals surface area (Å²) < 4.78 is 6.23. The SMILES string of the molecule is CN1CC[C@]23c4c5ccc(O)c4OC2(C)C(=O)CCC3C1C5. The fourth-order valence-electron chi connectivity index (χ4n) is 5.94. The molecule has 4 nitrogen and oxygen atoms in total. The van der Waals surface area contributed by atoms with Crippen molar-refractivity contribution in [1.82, 2.24) is 4.90 Å². The van der Waals surface area contributed by atoms with Crippen LogP contribution in [0.3, 0.4) is 0 Å². The zero-order valence-corrected chi connectivity index (χ0v) is 13.1. The molecule has 2 aliphatic heterocycles. The average Bonchev–Trinajstić information content (AvgIpc) is 2.78. The molecule has 1 spiro atoms. The van der Waals surface area contributed by atoms with Crippen LogP contribution in [0.25, 0.3) is 0 Å². The largest absolute Gasteiger partial charge is 0.504 e. The lowest BCUT2D eigenvalue weighted by molar-refractivity contribution is -0.153. The van der Waals surface area contributed by atoms with E-state index in [0.29, 0.717) is 24.1 Å². The summed E-state index contributed by atoms with van der Waals surface area (Å²) in [4.78, 5) is 15.3. The van der Waals surface area contributed by atoms with Crippen molar-refractivity contribution < 1.29 is 14.6 Å². The molecule has 2 heterocycles. The molecule has 2 bridgehead atoms. The fraction of sp³-hybridized carbons (Fsp3) is 0.611. The van der Waals surface area contributed by atoms with Crippen molar-refractivity contribution in [3.05, 3.63) is 23.3 Å². The van der Waals surface area contributed by atoms with Gasteiger partial charge in [0.1, 0.15) is 0 Å². The maximum absolute atomic E-state index is 12.8. The molecule has 1 N–H and O–H groups in total. The van der Waals surface area contributed by atoms with Crippen LogP contribution in [0.1, 0.15) is 37.3 Å². The number of nitrogens with zero attached hydrogens (tertiary/aromatic N) is 1. The molecule has 5 rings (SSSR count). The fourth-order valence-corrected chi connectivity index (χ4v) is 5.94. The number of likely N-dealkylation sites (tertiary alicyclic amines) is 1. The molecule has 0 radical (unpaired) electrons. The number of Topliss-reactive ketones (excluding diaryl/α,β-unsaturated/α-hetero) is 1. The molecular weight excluding hydrogens is 278 g/mol. The van der Waals surface area contributed by atoms with Gasteiger partial charge in [-0.1, -0.05) is 6.07 Å². The normalized spacial score (nSPS) is 42.0. The number of hydrogen-bond donors (Lipinski definition) is 1. The summed E-state index contributed by atoms with van der Waals surface area (Å²) in [5.41, 5.74) is 1.38. The van der Waals surface area contributed by atoms with Crippen LogP contribution in [0.2, 0.25) is 0 Å². The first-order valence-electron chi connectivity index (χ1n) is 8.27. The summed E-state index contributed by atoms with van der Waals surface area (Å²) in [7, 11) is 2.20. The van der Waals surface area contributed by atoms with Crippen LogP contribution in [-0.2, 0) is 16.6 Å². The van der Waals surface area contributed by atoms with Gasteiger partial charge in [-0.15, -0.1) is 0 Å². The number of carbonyl (C=O) groups excluding carboxylic acids is 1. The number of piperidine rings is 1. The molecule has 4 aliphatic rings. The van der Waals surface area contributed by atoms with Crippen molar-refractivity contribution in [1.29, 1.82) is 0 Å². The molecule has 4 atom stereocenters. The summed E-state index contributed by atoms with van der Waals surface area (Å²) in [6.07, 6.45) is 3.48. The number of aromatic hydroxyl groups is 1. The predicted octanol–water partition coefficient (Wildman–Crippen LogP) is 2.02. The third-order valence-corrected chi connectivity index (χ3v) is 6.99. The van der Waals surface area contributed by atoms with Gasteiger partial charge in [-0.05, 0) is 57.3 Å². The maximum atomic E-state index is 12.8. The third kappa shape index (κ3) is 1.13. The van der Waals surface area contributed by atoms with Gasteiger partial charge in [-0.2, -0.15) is 0 Å². The third-order valence-electron chi connectivity index (χ3n) is 6.99. The number of rotatable bonds is 0. The lowest BCUT2D eigenvalue weighted by atomic mass is 9.47. The Morgan fingerprint density at radius 2 is 2.23 bits per heavy atom. The Morgan fingerprint density at radius 1 is 1.41 bits per heavy atom.